The lowest BCUT2D eigenvalue weighted by atomic mass is 10.2. The van der Waals surface area contributed by atoms with E-state index in [1.807, 2.05) is 25.1 Å². The topological polar surface area (TPSA) is 62.7 Å². The maximum atomic E-state index is 4.71. The average molecular weight is 432 g/mol. The van der Waals surface area contributed by atoms with E-state index in [1.165, 1.54) is 4.88 Å². The first-order valence-electron chi connectivity index (χ1n) is 8.54. The second-order valence-electron chi connectivity index (χ2n) is 6.43. The van der Waals surface area contributed by atoms with Crippen molar-refractivity contribution in [1.29, 1.82) is 0 Å². The molecule has 3 aromatic rings. The van der Waals surface area contributed by atoms with Gasteiger partial charge in [-0.25, -0.2) is 9.97 Å². The Morgan fingerprint density at radius 1 is 1.08 bits per heavy atom. The molecule has 0 amide bonds. The van der Waals surface area contributed by atoms with Crippen LogP contribution >= 0.6 is 27.3 Å². The van der Waals surface area contributed by atoms with Gasteiger partial charge in [0, 0.05) is 27.7 Å². The van der Waals surface area contributed by atoms with Crippen LogP contribution < -0.4 is 10.6 Å². The third-order valence-corrected chi connectivity index (χ3v) is 5.47. The zero-order chi connectivity index (χ0) is 18.5. The molecule has 0 saturated heterocycles. The quantitative estimate of drug-likeness (QED) is 0.527. The third-order valence-electron chi connectivity index (χ3n) is 3.74. The van der Waals surface area contributed by atoms with Crippen LogP contribution in [-0.4, -0.2) is 21.5 Å². The number of anilines is 2. The lowest BCUT2D eigenvalue weighted by Gasteiger charge is -2.09. The molecule has 0 spiro atoms. The lowest BCUT2D eigenvalue weighted by Crippen LogP contribution is -2.11. The van der Waals surface area contributed by atoms with Crippen molar-refractivity contribution in [2.75, 3.05) is 17.2 Å². The predicted molar refractivity (Wildman–Crippen MR) is 113 cm³/mol. The summed E-state index contributed by atoms with van der Waals surface area (Å²) in [6.07, 6.45) is 1.77. The summed E-state index contributed by atoms with van der Waals surface area (Å²) < 4.78 is 1.07. The van der Waals surface area contributed by atoms with Crippen molar-refractivity contribution >= 4 is 39.0 Å². The molecule has 0 atom stereocenters. The van der Waals surface area contributed by atoms with E-state index in [0.29, 0.717) is 18.4 Å². The summed E-state index contributed by atoms with van der Waals surface area (Å²) in [6.45, 7) is 7.91. The Labute approximate surface area is 166 Å². The van der Waals surface area contributed by atoms with E-state index in [-0.39, 0.29) is 0 Å². The van der Waals surface area contributed by atoms with Gasteiger partial charge >= 0.3 is 0 Å². The molecule has 3 rings (SSSR count). The minimum Gasteiger partial charge on any atom is -0.365 e. The van der Waals surface area contributed by atoms with E-state index < -0.39 is 0 Å². The SMILES string of the molecule is Cc1nc(-c2ccc(Br)cc2)sc1CNc1ccnc(NCC(C)C)n1. The van der Waals surface area contributed by atoms with Crippen LogP contribution in [0.15, 0.2) is 41.0 Å². The number of benzene rings is 1. The van der Waals surface area contributed by atoms with E-state index in [2.05, 4.69) is 62.5 Å². The Bertz CT molecular complexity index is 861. The Morgan fingerprint density at radius 3 is 2.58 bits per heavy atom. The summed E-state index contributed by atoms with van der Waals surface area (Å²) in [4.78, 5) is 14.7. The fraction of sp³-hybridized carbons (Fsp3) is 0.316. The number of nitrogens with one attached hydrogen (secondary N) is 2. The molecule has 7 heteroatoms. The molecule has 0 aliphatic heterocycles. The highest BCUT2D eigenvalue weighted by Gasteiger charge is 2.10. The summed E-state index contributed by atoms with van der Waals surface area (Å²) >= 11 is 5.18. The number of nitrogens with zero attached hydrogens (tertiary/aromatic N) is 3. The van der Waals surface area contributed by atoms with E-state index in [1.54, 1.807) is 17.5 Å². The van der Waals surface area contributed by atoms with Crippen LogP contribution in [0.4, 0.5) is 11.8 Å². The number of aryl methyl sites for hydroxylation is 1. The Morgan fingerprint density at radius 2 is 1.85 bits per heavy atom. The second-order valence-corrected chi connectivity index (χ2v) is 8.43. The molecule has 5 nitrogen and oxygen atoms in total. The smallest absolute Gasteiger partial charge is 0.224 e. The molecule has 26 heavy (non-hydrogen) atoms. The molecule has 0 aliphatic carbocycles. The van der Waals surface area contributed by atoms with Crippen LogP contribution in [0.3, 0.4) is 0 Å². The molecule has 136 valence electrons. The van der Waals surface area contributed by atoms with Gasteiger partial charge in [-0.3, -0.25) is 0 Å². The van der Waals surface area contributed by atoms with Crippen molar-refractivity contribution in [2.24, 2.45) is 5.92 Å². The van der Waals surface area contributed by atoms with Gasteiger partial charge in [-0.1, -0.05) is 41.9 Å². The van der Waals surface area contributed by atoms with Gasteiger partial charge in [0.25, 0.3) is 0 Å². The monoisotopic (exact) mass is 431 g/mol. The van der Waals surface area contributed by atoms with Crippen molar-refractivity contribution in [3.63, 3.8) is 0 Å². The molecule has 0 radical (unpaired) electrons. The van der Waals surface area contributed by atoms with E-state index in [4.69, 9.17) is 4.98 Å². The molecule has 2 aromatic heterocycles. The highest BCUT2D eigenvalue weighted by molar-refractivity contribution is 9.10. The van der Waals surface area contributed by atoms with E-state index in [9.17, 15) is 0 Å². The minimum absolute atomic E-state index is 0.548. The standard InChI is InChI=1S/C19H22BrN5S/c1-12(2)10-23-19-21-9-8-17(25-19)22-11-16-13(3)24-18(26-16)14-4-6-15(20)7-5-14/h4-9,12H,10-11H2,1-3H3,(H2,21,22,23,25). The Balaban J connectivity index is 1.66. The van der Waals surface area contributed by atoms with Gasteiger partial charge in [-0.05, 0) is 31.0 Å². The van der Waals surface area contributed by atoms with Gasteiger partial charge in [0.2, 0.25) is 5.95 Å². The minimum atomic E-state index is 0.548. The average Bonchev–Trinajstić information content (AvgIpc) is 3.00. The molecule has 1 aromatic carbocycles. The normalized spacial score (nSPS) is 11.0. The second kappa shape index (κ2) is 8.60. The first kappa shape index (κ1) is 18.8. The van der Waals surface area contributed by atoms with Crippen LogP contribution in [0.5, 0.6) is 0 Å². The van der Waals surface area contributed by atoms with Crippen molar-refractivity contribution < 1.29 is 0 Å². The maximum absolute atomic E-state index is 4.71. The van der Waals surface area contributed by atoms with Crippen LogP contribution in [0.2, 0.25) is 0 Å². The van der Waals surface area contributed by atoms with Crippen molar-refractivity contribution in [1.82, 2.24) is 15.0 Å². The molecule has 0 unspecified atom stereocenters. The lowest BCUT2D eigenvalue weighted by molar-refractivity contribution is 0.684. The van der Waals surface area contributed by atoms with Crippen LogP contribution in [0, 0.1) is 12.8 Å². The highest BCUT2D eigenvalue weighted by Crippen LogP contribution is 2.29. The van der Waals surface area contributed by atoms with E-state index >= 15 is 0 Å². The number of aromatic nitrogens is 3. The summed E-state index contributed by atoms with van der Waals surface area (Å²) in [7, 11) is 0. The van der Waals surface area contributed by atoms with Crippen LogP contribution in [-0.2, 0) is 6.54 Å². The number of hydrogen-bond acceptors (Lipinski definition) is 6. The molecular weight excluding hydrogens is 410 g/mol. The summed E-state index contributed by atoms with van der Waals surface area (Å²) in [5, 5.41) is 7.66. The zero-order valence-electron chi connectivity index (χ0n) is 15.1. The van der Waals surface area contributed by atoms with Gasteiger partial charge in [-0.2, -0.15) is 4.98 Å². The summed E-state index contributed by atoms with van der Waals surface area (Å²) in [5.74, 6) is 2.01. The zero-order valence-corrected chi connectivity index (χ0v) is 17.5. The Hall–Kier alpha value is -1.99. The fourth-order valence-corrected chi connectivity index (χ4v) is 3.59. The van der Waals surface area contributed by atoms with Gasteiger partial charge in [0.05, 0.1) is 12.2 Å². The maximum Gasteiger partial charge on any atom is 0.224 e. The van der Waals surface area contributed by atoms with Crippen molar-refractivity contribution in [3.8, 4) is 10.6 Å². The van der Waals surface area contributed by atoms with Crippen molar-refractivity contribution in [2.45, 2.75) is 27.3 Å². The van der Waals surface area contributed by atoms with Crippen molar-refractivity contribution in [3.05, 3.63) is 51.6 Å². The fourth-order valence-electron chi connectivity index (χ4n) is 2.32. The van der Waals surface area contributed by atoms with Gasteiger partial charge in [0.15, 0.2) is 0 Å². The van der Waals surface area contributed by atoms with Gasteiger partial charge in [0.1, 0.15) is 10.8 Å². The predicted octanol–water partition coefficient (Wildman–Crippen LogP) is 5.35. The number of halogens is 1. The van der Waals surface area contributed by atoms with Gasteiger partial charge < -0.3 is 10.6 Å². The Kier molecular flexibility index (Phi) is 6.21. The summed E-state index contributed by atoms with van der Waals surface area (Å²) in [5.41, 5.74) is 2.18. The molecule has 0 saturated carbocycles. The molecule has 0 bridgehead atoms. The summed E-state index contributed by atoms with van der Waals surface area (Å²) in [6, 6.07) is 10.1. The number of rotatable bonds is 7. The van der Waals surface area contributed by atoms with E-state index in [0.717, 1.165) is 33.1 Å². The van der Waals surface area contributed by atoms with Crippen LogP contribution in [0.1, 0.15) is 24.4 Å². The molecular formula is C19H22BrN5S. The molecule has 0 fully saturated rings. The first-order chi connectivity index (χ1) is 12.5. The number of hydrogen-bond donors (Lipinski definition) is 2. The third kappa shape index (κ3) is 5.02. The molecule has 0 aliphatic rings. The molecule has 2 N–H and O–H groups in total. The highest BCUT2D eigenvalue weighted by atomic mass is 79.9. The van der Waals surface area contributed by atoms with Crippen LogP contribution in [0.25, 0.3) is 10.6 Å². The largest absolute Gasteiger partial charge is 0.365 e. The molecule has 2 heterocycles. The number of thiazole rings is 1. The van der Waals surface area contributed by atoms with Gasteiger partial charge in [-0.15, -0.1) is 11.3 Å². The first-order valence-corrected chi connectivity index (χ1v) is 10.1.